The summed E-state index contributed by atoms with van der Waals surface area (Å²) in [4.78, 5) is 4.06. The number of pyridine rings is 1. The minimum atomic E-state index is 0.253. The average molecular weight is 200 g/mol. The smallest absolute Gasteiger partial charge is 0.126 e. The lowest BCUT2D eigenvalue weighted by molar-refractivity contribution is 0.477. The Morgan fingerprint density at radius 3 is 2.67 bits per heavy atom. The van der Waals surface area contributed by atoms with Gasteiger partial charge in [-0.3, -0.25) is 0 Å². The maximum absolute atomic E-state index is 9.67. The number of anilines is 1. The van der Waals surface area contributed by atoms with Crippen LogP contribution >= 0.6 is 0 Å². The second-order valence-corrected chi connectivity index (χ2v) is 3.44. The van der Waals surface area contributed by atoms with Gasteiger partial charge < -0.3 is 10.8 Å². The van der Waals surface area contributed by atoms with Gasteiger partial charge in [0.1, 0.15) is 11.6 Å². The number of nitrogens with zero attached hydrogens (tertiary/aromatic N) is 1. The molecule has 0 amide bonds. The van der Waals surface area contributed by atoms with Crippen LogP contribution in [-0.2, 0) is 0 Å². The standard InChI is InChI=1S/C12H12N2O/c1-8-6-9(7-14-12(8)13)10-4-2-3-5-11(10)15/h2-7,15H,1H3,(H2,13,14). The third-order valence-electron chi connectivity index (χ3n) is 2.33. The van der Waals surface area contributed by atoms with Gasteiger partial charge in [-0.25, -0.2) is 4.98 Å². The third-order valence-corrected chi connectivity index (χ3v) is 2.33. The molecule has 1 aromatic heterocycles. The van der Waals surface area contributed by atoms with Crippen LogP contribution in [0.5, 0.6) is 5.75 Å². The molecule has 0 unspecified atom stereocenters. The van der Waals surface area contributed by atoms with Gasteiger partial charge in [-0.1, -0.05) is 18.2 Å². The highest BCUT2D eigenvalue weighted by atomic mass is 16.3. The number of hydrogen-bond acceptors (Lipinski definition) is 3. The number of aromatic nitrogens is 1. The van der Waals surface area contributed by atoms with Crippen molar-refractivity contribution in [2.24, 2.45) is 0 Å². The van der Waals surface area contributed by atoms with Gasteiger partial charge >= 0.3 is 0 Å². The molecule has 0 fully saturated rings. The molecule has 0 atom stereocenters. The molecule has 3 heteroatoms. The lowest BCUT2D eigenvalue weighted by atomic mass is 10.1. The summed E-state index contributed by atoms with van der Waals surface area (Å²) in [5.41, 5.74) is 8.19. The largest absolute Gasteiger partial charge is 0.507 e. The number of benzene rings is 1. The highest BCUT2D eigenvalue weighted by molar-refractivity contribution is 5.70. The van der Waals surface area contributed by atoms with Crippen LogP contribution in [0.4, 0.5) is 5.82 Å². The molecule has 15 heavy (non-hydrogen) atoms. The molecule has 0 aliphatic carbocycles. The van der Waals surface area contributed by atoms with Gasteiger partial charge in [0.05, 0.1) is 0 Å². The molecular formula is C12H12N2O. The fraction of sp³-hybridized carbons (Fsp3) is 0.0833. The van der Waals surface area contributed by atoms with Crippen molar-refractivity contribution in [1.29, 1.82) is 0 Å². The van der Waals surface area contributed by atoms with Crippen LogP contribution in [0.3, 0.4) is 0 Å². The monoisotopic (exact) mass is 200 g/mol. The molecule has 0 aliphatic rings. The fourth-order valence-corrected chi connectivity index (χ4v) is 1.45. The van der Waals surface area contributed by atoms with Crippen LogP contribution in [0.2, 0.25) is 0 Å². The van der Waals surface area contributed by atoms with Crippen molar-refractivity contribution >= 4 is 5.82 Å². The van der Waals surface area contributed by atoms with Crippen molar-refractivity contribution in [3.05, 3.63) is 42.1 Å². The molecule has 3 nitrogen and oxygen atoms in total. The molecule has 76 valence electrons. The lowest BCUT2D eigenvalue weighted by Gasteiger charge is -2.06. The summed E-state index contributed by atoms with van der Waals surface area (Å²) in [5, 5.41) is 9.67. The van der Waals surface area contributed by atoms with Gasteiger partial charge in [-0.05, 0) is 24.6 Å². The Hall–Kier alpha value is -2.03. The molecule has 0 saturated heterocycles. The summed E-state index contributed by atoms with van der Waals surface area (Å²) >= 11 is 0. The van der Waals surface area contributed by atoms with Crippen molar-refractivity contribution < 1.29 is 5.11 Å². The first-order valence-electron chi connectivity index (χ1n) is 4.69. The number of nitrogen functional groups attached to an aromatic ring is 1. The molecule has 1 aromatic carbocycles. The molecule has 2 aromatic rings. The zero-order valence-electron chi connectivity index (χ0n) is 8.44. The molecule has 2 rings (SSSR count). The number of rotatable bonds is 1. The fourth-order valence-electron chi connectivity index (χ4n) is 1.45. The number of hydrogen-bond donors (Lipinski definition) is 2. The van der Waals surface area contributed by atoms with Gasteiger partial charge in [0.25, 0.3) is 0 Å². The number of nitrogens with two attached hydrogens (primary N) is 1. The summed E-state index contributed by atoms with van der Waals surface area (Å²) in [6, 6.07) is 9.08. The van der Waals surface area contributed by atoms with Gasteiger partial charge in [-0.15, -0.1) is 0 Å². The van der Waals surface area contributed by atoms with E-state index in [1.807, 2.05) is 25.1 Å². The highest BCUT2D eigenvalue weighted by Crippen LogP contribution is 2.29. The summed E-state index contributed by atoms with van der Waals surface area (Å²) in [6.45, 7) is 1.89. The molecule has 0 spiro atoms. The van der Waals surface area contributed by atoms with E-state index >= 15 is 0 Å². The summed E-state index contributed by atoms with van der Waals surface area (Å²) in [5.74, 6) is 0.776. The maximum Gasteiger partial charge on any atom is 0.126 e. The quantitative estimate of drug-likeness (QED) is 0.742. The Bertz CT molecular complexity index is 495. The van der Waals surface area contributed by atoms with E-state index in [2.05, 4.69) is 4.98 Å². The van der Waals surface area contributed by atoms with E-state index in [0.29, 0.717) is 5.82 Å². The number of phenolic OH excluding ortho intramolecular Hbond substituents is 1. The number of aryl methyl sites for hydroxylation is 1. The van der Waals surface area contributed by atoms with Crippen LogP contribution in [0.1, 0.15) is 5.56 Å². The van der Waals surface area contributed by atoms with E-state index in [4.69, 9.17) is 5.73 Å². The first-order chi connectivity index (χ1) is 7.18. The summed E-state index contributed by atoms with van der Waals surface area (Å²) in [6.07, 6.45) is 1.66. The number of phenols is 1. The minimum Gasteiger partial charge on any atom is -0.507 e. The van der Waals surface area contributed by atoms with E-state index in [-0.39, 0.29) is 5.75 Å². The van der Waals surface area contributed by atoms with Gasteiger partial charge in [0.15, 0.2) is 0 Å². The van der Waals surface area contributed by atoms with Gasteiger partial charge in [0, 0.05) is 17.3 Å². The Kier molecular flexibility index (Phi) is 2.29. The van der Waals surface area contributed by atoms with Crippen LogP contribution in [0.15, 0.2) is 36.5 Å². The Morgan fingerprint density at radius 2 is 2.00 bits per heavy atom. The van der Waals surface area contributed by atoms with E-state index in [0.717, 1.165) is 16.7 Å². The molecule has 1 heterocycles. The minimum absolute atomic E-state index is 0.253. The first kappa shape index (κ1) is 9.52. The van der Waals surface area contributed by atoms with E-state index in [9.17, 15) is 5.11 Å². The SMILES string of the molecule is Cc1cc(-c2ccccc2O)cnc1N. The number of aromatic hydroxyl groups is 1. The normalized spacial score (nSPS) is 10.2. The Labute approximate surface area is 88.2 Å². The molecule has 0 radical (unpaired) electrons. The highest BCUT2D eigenvalue weighted by Gasteiger charge is 2.04. The van der Waals surface area contributed by atoms with Crippen molar-refractivity contribution in [2.75, 3.05) is 5.73 Å². The predicted molar refractivity (Wildman–Crippen MR) is 60.5 cm³/mol. The second-order valence-electron chi connectivity index (χ2n) is 3.44. The summed E-state index contributed by atoms with van der Waals surface area (Å²) < 4.78 is 0. The van der Waals surface area contributed by atoms with Crippen molar-refractivity contribution in [3.63, 3.8) is 0 Å². The topological polar surface area (TPSA) is 59.1 Å². The van der Waals surface area contributed by atoms with Gasteiger partial charge in [-0.2, -0.15) is 0 Å². The van der Waals surface area contributed by atoms with Gasteiger partial charge in [0.2, 0.25) is 0 Å². The third kappa shape index (κ3) is 1.76. The maximum atomic E-state index is 9.67. The molecule has 0 aliphatic heterocycles. The van der Waals surface area contributed by atoms with Crippen molar-refractivity contribution in [3.8, 4) is 16.9 Å². The van der Waals surface area contributed by atoms with E-state index in [1.54, 1.807) is 18.3 Å². The summed E-state index contributed by atoms with van der Waals surface area (Å²) in [7, 11) is 0. The molecule has 0 bridgehead atoms. The second kappa shape index (κ2) is 3.61. The molecule has 3 N–H and O–H groups in total. The van der Waals surface area contributed by atoms with Crippen molar-refractivity contribution in [2.45, 2.75) is 6.92 Å². The Morgan fingerprint density at radius 1 is 1.27 bits per heavy atom. The van der Waals surface area contributed by atoms with E-state index < -0.39 is 0 Å². The number of para-hydroxylation sites is 1. The van der Waals surface area contributed by atoms with Crippen LogP contribution in [0.25, 0.3) is 11.1 Å². The average Bonchev–Trinajstić information content (AvgIpc) is 2.23. The lowest BCUT2D eigenvalue weighted by Crippen LogP contribution is -1.93. The zero-order valence-corrected chi connectivity index (χ0v) is 8.44. The molecular weight excluding hydrogens is 188 g/mol. The first-order valence-corrected chi connectivity index (χ1v) is 4.69. The van der Waals surface area contributed by atoms with Crippen LogP contribution in [-0.4, -0.2) is 10.1 Å². The van der Waals surface area contributed by atoms with Crippen LogP contribution < -0.4 is 5.73 Å². The molecule has 0 saturated carbocycles. The van der Waals surface area contributed by atoms with Crippen molar-refractivity contribution in [1.82, 2.24) is 4.98 Å². The van der Waals surface area contributed by atoms with Crippen LogP contribution in [0, 0.1) is 6.92 Å². The Balaban J connectivity index is 2.55. The van der Waals surface area contributed by atoms with E-state index in [1.165, 1.54) is 0 Å². The predicted octanol–water partition coefficient (Wildman–Crippen LogP) is 2.34. The zero-order chi connectivity index (χ0) is 10.8.